The summed E-state index contributed by atoms with van der Waals surface area (Å²) in [4.78, 5) is 2.24. The van der Waals surface area contributed by atoms with E-state index in [1.165, 1.54) is 0 Å². The van der Waals surface area contributed by atoms with Crippen molar-refractivity contribution in [2.45, 2.75) is 20.4 Å². The number of benzene rings is 1. The Morgan fingerprint density at radius 2 is 2.07 bits per heavy atom. The predicted molar refractivity (Wildman–Crippen MR) is 64.3 cm³/mol. The molecule has 0 amide bonds. The number of hydrogen-bond acceptors (Lipinski definition) is 2. The van der Waals surface area contributed by atoms with Gasteiger partial charge in [-0.1, -0.05) is 31.5 Å². The van der Waals surface area contributed by atoms with Gasteiger partial charge < -0.3 is 10.0 Å². The van der Waals surface area contributed by atoms with Crippen molar-refractivity contribution in [1.29, 1.82) is 0 Å². The topological polar surface area (TPSA) is 23.5 Å². The van der Waals surface area contributed by atoms with Crippen molar-refractivity contribution < 1.29 is 5.11 Å². The quantitative estimate of drug-likeness (QED) is 0.855. The summed E-state index contributed by atoms with van der Waals surface area (Å²) in [6.45, 7) is 6.30. The van der Waals surface area contributed by atoms with Crippen LogP contribution in [0, 0.1) is 5.92 Å². The van der Waals surface area contributed by atoms with Gasteiger partial charge in [-0.3, -0.25) is 0 Å². The summed E-state index contributed by atoms with van der Waals surface area (Å²) in [7, 11) is 2.08. The van der Waals surface area contributed by atoms with Gasteiger partial charge in [0.05, 0.1) is 5.02 Å². The van der Waals surface area contributed by atoms with Crippen molar-refractivity contribution in [3.8, 4) is 5.75 Å². The Hall–Kier alpha value is -0.730. The molecule has 0 radical (unpaired) electrons. The molecule has 0 fully saturated rings. The van der Waals surface area contributed by atoms with Gasteiger partial charge in [0.2, 0.25) is 0 Å². The van der Waals surface area contributed by atoms with Crippen molar-refractivity contribution in [3.63, 3.8) is 0 Å². The Labute approximate surface area is 96.5 Å². The zero-order valence-electron chi connectivity index (χ0n) is 9.50. The van der Waals surface area contributed by atoms with Crippen LogP contribution in [0.25, 0.3) is 0 Å². The molecule has 0 unspecified atom stereocenters. The van der Waals surface area contributed by atoms with Crippen LogP contribution in [0.5, 0.6) is 5.75 Å². The molecule has 0 aromatic heterocycles. The van der Waals surface area contributed by atoms with E-state index in [0.717, 1.165) is 18.7 Å². The first kappa shape index (κ1) is 12.3. The van der Waals surface area contributed by atoms with E-state index in [0.29, 0.717) is 10.9 Å². The highest BCUT2D eigenvalue weighted by Crippen LogP contribution is 2.24. The van der Waals surface area contributed by atoms with Crippen LogP contribution in [0.4, 0.5) is 0 Å². The van der Waals surface area contributed by atoms with Gasteiger partial charge in [-0.05, 0) is 30.7 Å². The Balaban J connectivity index is 2.60. The van der Waals surface area contributed by atoms with E-state index in [4.69, 9.17) is 11.6 Å². The summed E-state index contributed by atoms with van der Waals surface area (Å²) >= 11 is 5.83. The van der Waals surface area contributed by atoms with Crippen molar-refractivity contribution in [1.82, 2.24) is 4.90 Å². The van der Waals surface area contributed by atoms with Gasteiger partial charge in [0.25, 0.3) is 0 Å². The minimum Gasteiger partial charge on any atom is -0.506 e. The van der Waals surface area contributed by atoms with E-state index < -0.39 is 0 Å². The highest BCUT2D eigenvalue weighted by Gasteiger charge is 2.05. The molecule has 1 N–H and O–H groups in total. The summed E-state index contributed by atoms with van der Waals surface area (Å²) in [5, 5.41) is 9.70. The molecule has 3 heteroatoms. The lowest BCUT2D eigenvalue weighted by atomic mass is 10.1. The fraction of sp³-hybridized carbons (Fsp3) is 0.500. The van der Waals surface area contributed by atoms with Crippen LogP contribution in [0.3, 0.4) is 0 Å². The fourth-order valence-electron chi connectivity index (χ4n) is 1.65. The Kier molecular flexibility index (Phi) is 4.43. The van der Waals surface area contributed by atoms with Crippen LogP contribution >= 0.6 is 11.6 Å². The molecule has 1 rings (SSSR count). The summed E-state index contributed by atoms with van der Waals surface area (Å²) < 4.78 is 0. The number of halogens is 1. The molecule has 0 aliphatic carbocycles. The molecule has 0 bridgehead atoms. The average Bonchev–Trinajstić information content (AvgIpc) is 2.10. The van der Waals surface area contributed by atoms with Crippen LogP contribution in [-0.2, 0) is 6.54 Å². The second-order valence-electron chi connectivity index (χ2n) is 4.38. The highest BCUT2D eigenvalue weighted by molar-refractivity contribution is 6.32. The van der Waals surface area contributed by atoms with Crippen molar-refractivity contribution in [3.05, 3.63) is 28.8 Å². The maximum absolute atomic E-state index is 9.28. The number of hydrogen-bond donors (Lipinski definition) is 1. The first-order valence-electron chi connectivity index (χ1n) is 5.15. The maximum Gasteiger partial charge on any atom is 0.134 e. The van der Waals surface area contributed by atoms with E-state index in [9.17, 15) is 5.11 Å². The van der Waals surface area contributed by atoms with Crippen LogP contribution < -0.4 is 0 Å². The summed E-state index contributed by atoms with van der Waals surface area (Å²) in [6.07, 6.45) is 0. The smallest absolute Gasteiger partial charge is 0.134 e. The zero-order chi connectivity index (χ0) is 11.4. The summed E-state index contributed by atoms with van der Waals surface area (Å²) in [6, 6.07) is 5.35. The van der Waals surface area contributed by atoms with E-state index in [2.05, 4.69) is 25.8 Å². The van der Waals surface area contributed by atoms with Crippen LogP contribution in [0.1, 0.15) is 19.4 Å². The predicted octanol–water partition coefficient (Wildman–Crippen LogP) is 3.13. The van der Waals surface area contributed by atoms with E-state index in [-0.39, 0.29) is 5.75 Å². The second kappa shape index (κ2) is 5.38. The van der Waals surface area contributed by atoms with Crippen molar-refractivity contribution in [2.24, 2.45) is 5.92 Å². The molecule has 0 aliphatic heterocycles. The second-order valence-corrected chi connectivity index (χ2v) is 4.78. The molecular weight excluding hydrogens is 210 g/mol. The minimum atomic E-state index is 0.145. The molecule has 0 saturated heterocycles. The standard InChI is InChI=1S/C12H18ClNO/c1-9(2)7-14(3)8-10-4-5-12(15)11(13)6-10/h4-6,9,15H,7-8H2,1-3H3. The van der Waals surface area contributed by atoms with E-state index in [1.807, 2.05) is 12.1 Å². The fourth-order valence-corrected chi connectivity index (χ4v) is 1.85. The number of phenols is 1. The van der Waals surface area contributed by atoms with E-state index in [1.54, 1.807) is 6.07 Å². The highest BCUT2D eigenvalue weighted by atomic mass is 35.5. The lowest BCUT2D eigenvalue weighted by molar-refractivity contribution is 0.288. The van der Waals surface area contributed by atoms with Gasteiger partial charge in [-0.15, -0.1) is 0 Å². The summed E-state index contributed by atoms with van der Waals surface area (Å²) in [5.74, 6) is 0.800. The van der Waals surface area contributed by atoms with E-state index >= 15 is 0 Å². The molecule has 15 heavy (non-hydrogen) atoms. The van der Waals surface area contributed by atoms with Crippen molar-refractivity contribution in [2.75, 3.05) is 13.6 Å². The van der Waals surface area contributed by atoms with Gasteiger partial charge in [-0.25, -0.2) is 0 Å². The molecule has 0 aliphatic rings. The number of phenolic OH excluding ortho intramolecular Hbond substituents is 1. The Morgan fingerprint density at radius 1 is 1.40 bits per heavy atom. The summed E-state index contributed by atoms with van der Waals surface area (Å²) in [5.41, 5.74) is 1.13. The minimum absolute atomic E-state index is 0.145. The molecular formula is C12H18ClNO. The lowest BCUT2D eigenvalue weighted by Crippen LogP contribution is -2.22. The monoisotopic (exact) mass is 227 g/mol. The van der Waals surface area contributed by atoms with Gasteiger partial charge in [0.15, 0.2) is 0 Å². The third kappa shape index (κ3) is 4.10. The first-order chi connectivity index (χ1) is 6.99. The molecule has 2 nitrogen and oxygen atoms in total. The number of aromatic hydroxyl groups is 1. The largest absolute Gasteiger partial charge is 0.506 e. The maximum atomic E-state index is 9.28. The normalized spacial score (nSPS) is 11.3. The van der Waals surface area contributed by atoms with Gasteiger partial charge >= 0.3 is 0 Å². The SMILES string of the molecule is CC(C)CN(C)Cc1ccc(O)c(Cl)c1. The first-order valence-corrected chi connectivity index (χ1v) is 5.52. The van der Waals surface area contributed by atoms with Crippen LogP contribution in [-0.4, -0.2) is 23.6 Å². The lowest BCUT2D eigenvalue weighted by Gasteiger charge is -2.19. The van der Waals surface area contributed by atoms with Crippen molar-refractivity contribution >= 4 is 11.6 Å². The molecule has 0 saturated carbocycles. The van der Waals surface area contributed by atoms with Gasteiger partial charge in [-0.2, -0.15) is 0 Å². The number of nitrogens with zero attached hydrogens (tertiary/aromatic N) is 1. The molecule has 0 atom stereocenters. The third-order valence-electron chi connectivity index (χ3n) is 2.14. The van der Waals surface area contributed by atoms with Crippen LogP contribution in [0.15, 0.2) is 18.2 Å². The van der Waals surface area contributed by atoms with Crippen LogP contribution in [0.2, 0.25) is 5.02 Å². The Morgan fingerprint density at radius 3 is 2.60 bits per heavy atom. The average molecular weight is 228 g/mol. The van der Waals surface area contributed by atoms with Gasteiger partial charge in [0.1, 0.15) is 5.75 Å². The molecule has 1 aromatic rings. The molecule has 84 valence electrons. The number of rotatable bonds is 4. The Bertz CT molecular complexity index is 325. The molecule has 1 aromatic carbocycles. The molecule has 0 heterocycles. The zero-order valence-corrected chi connectivity index (χ0v) is 10.3. The third-order valence-corrected chi connectivity index (χ3v) is 2.44. The molecule has 0 spiro atoms. The van der Waals surface area contributed by atoms with Gasteiger partial charge in [0, 0.05) is 13.1 Å².